The maximum Gasteiger partial charge on any atom is 0.190 e. The standard InChI is InChI=1S/C18H27ClFN3O2.HI/c1-21-18(22-8-3-10-24-13-16-4-2-11-25-16)23-9-7-14-5-6-15(20)12-17(14)19;/h5-6,12,16H,2-4,7-11,13H2,1H3,(H2,21,22,23);1H. The summed E-state index contributed by atoms with van der Waals surface area (Å²) in [5, 5.41) is 6.92. The summed E-state index contributed by atoms with van der Waals surface area (Å²) < 4.78 is 24.2. The van der Waals surface area contributed by atoms with Gasteiger partial charge in [0.2, 0.25) is 0 Å². The van der Waals surface area contributed by atoms with Crippen LogP contribution in [0.15, 0.2) is 23.2 Å². The average Bonchev–Trinajstić information content (AvgIpc) is 3.11. The zero-order chi connectivity index (χ0) is 17.9. The average molecular weight is 500 g/mol. The molecule has 1 aliphatic rings. The zero-order valence-electron chi connectivity index (χ0n) is 15.1. The van der Waals surface area contributed by atoms with Crippen molar-refractivity contribution in [1.82, 2.24) is 10.6 Å². The number of aliphatic imine (C=N–C) groups is 1. The first-order valence-corrected chi connectivity index (χ1v) is 9.14. The minimum Gasteiger partial charge on any atom is -0.379 e. The van der Waals surface area contributed by atoms with E-state index >= 15 is 0 Å². The molecule has 0 aliphatic carbocycles. The van der Waals surface area contributed by atoms with Crippen molar-refractivity contribution in [2.75, 3.05) is 40.0 Å². The van der Waals surface area contributed by atoms with Gasteiger partial charge in [-0.3, -0.25) is 4.99 Å². The lowest BCUT2D eigenvalue weighted by Gasteiger charge is -2.13. The Kier molecular flexibility index (Phi) is 12.2. The number of guanidine groups is 1. The van der Waals surface area contributed by atoms with Gasteiger partial charge in [-0.25, -0.2) is 4.39 Å². The van der Waals surface area contributed by atoms with Gasteiger partial charge in [-0.05, 0) is 43.4 Å². The Labute approximate surface area is 177 Å². The van der Waals surface area contributed by atoms with E-state index in [4.69, 9.17) is 21.1 Å². The fraction of sp³-hybridized carbons (Fsp3) is 0.611. The number of hydrogen-bond donors (Lipinski definition) is 2. The van der Waals surface area contributed by atoms with Crippen LogP contribution in [0.3, 0.4) is 0 Å². The first-order chi connectivity index (χ1) is 12.2. The third-order valence-corrected chi connectivity index (χ3v) is 4.36. The summed E-state index contributed by atoms with van der Waals surface area (Å²) in [5.41, 5.74) is 0.911. The first kappa shape index (κ1) is 23.4. The van der Waals surface area contributed by atoms with E-state index < -0.39 is 0 Å². The number of rotatable bonds is 9. The Morgan fingerprint density at radius 2 is 2.19 bits per heavy atom. The molecule has 0 radical (unpaired) electrons. The van der Waals surface area contributed by atoms with Crippen molar-refractivity contribution in [3.05, 3.63) is 34.6 Å². The fourth-order valence-corrected chi connectivity index (χ4v) is 2.89. The van der Waals surface area contributed by atoms with Crippen LogP contribution in [0.5, 0.6) is 0 Å². The summed E-state index contributed by atoms with van der Waals surface area (Å²) >= 11 is 6.02. The van der Waals surface area contributed by atoms with Gasteiger partial charge in [-0.1, -0.05) is 17.7 Å². The van der Waals surface area contributed by atoms with Crippen LogP contribution in [-0.4, -0.2) is 52.0 Å². The molecule has 5 nitrogen and oxygen atoms in total. The Hall–Kier alpha value is -0.640. The van der Waals surface area contributed by atoms with E-state index in [1.165, 1.54) is 12.1 Å². The highest BCUT2D eigenvalue weighted by Gasteiger charge is 2.14. The predicted octanol–water partition coefficient (Wildman–Crippen LogP) is 3.39. The Morgan fingerprint density at radius 1 is 1.38 bits per heavy atom. The maximum atomic E-state index is 13.0. The van der Waals surface area contributed by atoms with Gasteiger partial charge in [0.1, 0.15) is 5.82 Å². The molecule has 2 rings (SSSR count). The van der Waals surface area contributed by atoms with Crippen LogP contribution in [0.1, 0.15) is 24.8 Å². The molecule has 26 heavy (non-hydrogen) atoms. The van der Waals surface area contributed by atoms with Crippen molar-refractivity contribution < 1.29 is 13.9 Å². The fourth-order valence-electron chi connectivity index (χ4n) is 2.63. The van der Waals surface area contributed by atoms with Crippen LogP contribution in [0.4, 0.5) is 4.39 Å². The van der Waals surface area contributed by atoms with Crippen molar-refractivity contribution in [2.45, 2.75) is 31.8 Å². The van der Waals surface area contributed by atoms with Gasteiger partial charge in [-0.15, -0.1) is 24.0 Å². The molecule has 1 aliphatic heterocycles. The van der Waals surface area contributed by atoms with E-state index in [2.05, 4.69) is 15.6 Å². The van der Waals surface area contributed by atoms with E-state index in [9.17, 15) is 4.39 Å². The summed E-state index contributed by atoms with van der Waals surface area (Å²) in [6.45, 7) is 3.70. The molecule has 1 heterocycles. The largest absolute Gasteiger partial charge is 0.379 e. The molecule has 0 bridgehead atoms. The molecule has 148 valence electrons. The lowest BCUT2D eigenvalue weighted by atomic mass is 10.1. The Bertz CT molecular complexity index is 557. The minimum atomic E-state index is -0.319. The molecule has 0 amide bonds. The second kappa shape index (κ2) is 13.5. The summed E-state index contributed by atoms with van der Waals surface area (Å²) in [7, 11) is 1.73. The SMILES string of the molecule is CN=C(NCCCOCC1CCCO1)NCCc1ccc(F)cc1Cl.I. The van der Waals surface area contributed by atoms with Gasteiger partial charge in [0.05, 0.1) is 12.7 Å². The number of halogens is 3. The summed E-state index contributed by atoms with van der Waals surface area (Å²) in [6, 6.07) is 4.46. The van der Waals surface area contributed by atoms with Crippen LogP contribution >= 0.6 is 35.6 Å². The first-order valence-electron chi connectivity index (χ1n) is 8.77. The quantitative estimate of drug-likeness (QED) is 0.237. The predicted molar refractivity (Wildman–Crippen MR) is 114 cm³/mol. The van der Waals surface area contributed by atoms with Gasteiger partial charge in [0, 0.05) is 38.4 Å². The zero-order valence-corrected chi connectivity index (χ0v) is 18.2. The van der Waals surface area contributed by atoms with Crippen molar-refractivity contribution >= 4 is 41.5 Å². The third-order valence-electron chi connectivity index (χ3n) is 4.01. The number of nitrogens with zero attached hydrogens (tertiary/aromatic N) is 1. The molecule has 1 atom stereocenters. The molecule has 1 unspecified atom stereocenters. The minimum absolute atomic E-state index is 0. The lowest BCUT2D eigenvalue weighted by Crippen LogP contribution is -2.39. The molecule has 1 aromatic carbocycles. The number of hydrogen-bond acceptors (Lipinski definition) is 3. The normalized spacial score (nSPS) is 17.0. The molecule has 0 spiro atoms. The molecule has 1 aromatic rings. The Balaban J connectivity index is 0.00000338. The van der Waals surface area contributed by atoms with Gasteiger partial charge >= 0.3 is 0 Å². The second-order valence-corrected chi connectivity index (χ2v) is 6.38. The summed E-state index contributed by atoms with van der Waals surface area (Å²) in [6.07, 6.45) is 4.12. The van der Waals surface area contributed by atoms with Crippen molar-refractivity contribution in [1.29, 1.82) is 0 Å². The molecular formula is C18H28ClFIN3O2. The smallest absolute Gasteiger partial charge is 0.190 e. The monoisotopic (exact) mass is 499 g/mol. The molecular weight excluding hydrogens is 472 g/mol. The topological polar surface area (TPSA) is 54.9 Å². The molecule has 1 saturated heterocycles. The van der Waals surface area contributed by atoms with Crippen LogP contribution in [0.2, 0.25) is 5.02 Å². The van der Waals surface area contributed by atoms with E-state index in [1.54, 1.807) is 13.1 Å². The highest BCUT2D eigenvalue weighted by molar-refractivity contribution is 14.0. The van der Waals surface area contributed by atoms with E-state index in [-0.39, 0.29) is 35.9 Å². The van der Waals surface area contributed by atoms with E-state index in [0.717, 1.165) is 43.9 Å². The van der Waals surface area contributed by atoms with E-state index in [0.29, 0.717) is 31.2 Å². The number of benzene rings is 1. The molecule has 1 fully saturated rings. The molecule has 2 N–H and O–H groups in total. The van der Waals surface area contributed by atoms with Crippen molar-refractivity contribution in [3.8, 4) is 0 Å². The van der Waals surface area contributed by atoms with Gasteiger partial charge in [0.25, 0.3) is 0 Å². The molecule has 0 saturated carbocycles. The second-order valence-electron chi connectivity index (χ2n) is 5.97. The van der Waals surface area contributed by atoms with Crippen LogP contribution in [-0.2, 0) is 15.9 Å². The third kappa shape index (κ3) is 8.83. The highest BCUT2D eigenvalue weighted by atomic mass is 127. The molecule has 0 aromatic heterocycles. The van der Waals surface area contributed by atoms with Crippen LogP contribution in [0, 0.1) is 5.82 Å². The van der Waals surface area contributed by atoms with Gasteiger partial charge in [0.15, 0.2) is 5.96 Å². The maximum absolute atomic E-state index is 13.0. The van der Waals surface area contributed by atoms with Crippen LogP contribution in [0.25, 0.3) is 0 Å². The van der Waals surface area contributed by atoms with E-state index in [1.807, 2.05) is 0 Å². The van der Waals surface area contributed by atoms with Crippen molar-refractivity contribution in [2.24, 2.45) is 4.99 Å². The summed E-state index contributed by atoms with van der Waals surface area (Å²) in [5.74, 6) is 0.415. The van der Waals surface area contributed by atoms with Crippen LogP contribution < -0.4 is 10.6 Å². The van der Waals surface area contributed by atoms with Gasteiger partial charge < -0.3 is 20.1 Å². The Morgan fingerprint density at radius 3 is 2.88 bits per heavy atom. The molecule has 8 heteroatoms. The van der Waals surface area contributed by atoms with Gasteiger partial charge in [-0.2, -0.15) is 0 Å². The number of ether oxygens (including phenoxy) is 2. The lowest BCUT2D eigenvalue weighted by molar-refractivity contribution is 0.0168. The van der Waals surface area contributed by atoms with Crippen molar-refractivity contribution in [3.63, 3.8) is 0 Å². The number of nitrogens with one attached hydrogen (secondary N) is 2. The highest BCUT2D eigenvalue weighted by Crippen LogP contribution is 2.17. The summed E-state index contributed by atoms with van der Waals surface area (Å²) in [4.78, 5) is 4.18.